The summed E-state index contributed by atoms with van der Waals surface area (Å²) < 4.78 is 0. The Hall–Kier alpha value is -1.57. The molecule has 1 aliphatic rings. The predicted octanol–water partition coefficient (Wildman–Crippen LogP) is 2.31. The van der Waals surface area contributed by atoms with Crippen LogP contribution in [0.2, 0.25) is 0 Å². The zero-order valence-corrected chi connectivity index (χ0v) is 9.79. The second-order valence-corrected chi connectivity index (χ2v) is 4.42. The molecule has 0 radical (unpaired) electrons. The lowest BCUT2D eigenvalue weighted by Gasteiger charge is -2.25. The predicted molar refractivity (Wildman–Crippen MR) is 65.0 cm³/mol. The lowest BCUT2D eigenvalue weighted by atomic mass is 9.87. The summed E-state index contributed by atoms with van der Waals surface area (Å²) in [7, 11) is 0. The average molecular weight is 215 g/mol. The zero-order valence-electron chi connectivity index (χ0n) is 9.79. The largest absolute Gasteiger partial charge is 0.352 e. The minimum Gasteiger partial charge on any atom is -0.352 e. The van der Waals surface area contributed by atoms with Crippen molar-refractivity contribution in [2.75, 3.05) is 6.54 Å². The van der Waals surface area contributed by atoms with E-state index in [-0.39, 0.29) is 11.8 Å². The summed E-state index contributed by atoms with van der Waals surface area (Å²) in [5, 5.41) is 2.94. The summed E-state index contributed by atoms with van der Waals surface area (Å²) in [5.74, 6) is 0.170. The molecule has 16 heavy (non-hydrogen) atoms. The number of amides is 1. The Kier molecular flexibility index (Phi) is 3.09. The molecule has 1 heterocycles. The van der Waals surface area contributed by atoms with Crippen LogP contribution < -0.4 is 5.32 Å². The first-order chi connectivity index (χ1) is 7.68. The monoisotopic (exact) mass is 215 g/mol. The van der Waals surface area contributed by atoms with Crippen LogP contribution in [0, 0.1) is 5.92 Å². The van der Waals surface area contributed by atoms with E-state index < -0.39 is 0 Å². The number of nitrogens with one attached hydrogen (secondary N) is 1. The second-order valence-electron chi connectivity index (χ2n) is 4.42. The van der Waals surface area contributed by atoms with Crippen molar-refractivity contribution in [3.05, 3.63) is 47.0 Å². The van der Waals surface area contributed by atoms with Gasteiger partial charge in [-0.05, 0) is 25.8 Å². The minimum atomic E-state index is 0.0103. The van der Waals surface area contributed by atoms with Crippen LogP contribution in [0.1, 0.15) is 19.4 Å². The fourth-order valence-corrected chi connectivity index (χ4v) is 2.07. The molecule has 0 saturated carbocycles. The SMILES string of the molecule is CC1=C(C)C(Cc2ccccc2)C(=O)NC1. The second kappa shape index (κ2) is 4.52. The Balaban J connectivity index is 2.20. The lowest BCUT2D eigenvalue weighted by molar-refractivity contribution is -0.124. The molecule has 0 fully saturated rings. The van der Waals surface area contributed by atoms with Crippen LogP contribution in [-0.4, -0.2) is 12.5 Å². The smallest absolute Gasteiger partial charge is 0.227 e. The summed E-state index contributed by atoms with van der Waals surface area (Å²) in [5.41, 5.74) is 3.74. The average Bonchev–Trinajstić information content (AvgIpc) is 2.31. The van der Waals surface area contributed by atoms with Crippen LogP contribution >= 0.6 is 0 Å². The van der Waals surface area contributed by atoms with Crippen molar-refractivity contribution in [3.63, 3.8) is 0 Å². The normalized spacial score (nSPS) is 20.9. The van der Waals surface area contributed by atoms with E-state index >= 15 is 0 Å². The van der Waals surface area contributed by atoms with Crippen molar-refractivity contribution in [3.8, 4) is 0 Å². The van der Waals surface area contributed by atoms with E-state index in [9.17, 15) is 4.79 Å². The summed E-state index contributed by atoms with van der Waals surface area (Å²) in [6.45, 7) is 4.87. The highest BCUT2D eigenvalue weighted by Crippen LogP contribution is 2.23. The first-order valence-electron chi connectivity index (χ1n) is 5.66. The molecule has 0 saturated heterocycles. The number of carbonyl (C=O) groups is 1. The Morgan fingerprint density at radius 3 is 2.62 bits per heavy atom. The molecule has 84 valence electrons. The van der Waals surface area contributed by atoms with Crippen molar-refractivity contribution in [1.29, 1.82) is 0 Å². The molecule has 2 heteroatoms. The quantitative estimate of drug-likeness (QED) is 0.754. The van der Waals surface area contributed by atoms with E-state index in [4.69, 9.17) is 0 Å². The van der Waals surface area contributed by atoms with Crippen LogP contribution in [0.4, 0.5) is 0 Å². The van der Waals surface area contributed by atoms with Gasteiger partial charge in [-0.3, -0.25) is 4.79 Å². The third-order valence-corrected chi connectivity index (χ3v) is 3.32. The molecular weight excluding hydrogens is 198 g/mol. The van der Waals surface area contributed by atoms with Crippen molar-refractivity contribution < 1.29 is 4.79 Å². The Bertz CT molecular complexity index is 420. The molecule has 1 amide bonds. The maximum absolute atomic E-state index is 11.8. The van der Waals surface area contributed by atoms with Gasteiger partial charge in [0.1, 0.15) is 0 Å². The van der Waals surface area contributed by atoms with Gasteiger partial charge in [0.05, 0.1) is 5.92 Å². The first kappa shape index (κ1) is 10.9. The van der Waals surface area contributed by atoms with Gasteiger partial charge in [0.2, 0.25) is 5.91 Å². The van der Waals surface area contributed by atoms with Gasteiger partial charge in [0, 0.05) is 6.54 Å². The van der Waals surface area contributed by atoms with Crippen molar-refractivity contribution >= 4 is 5.91 Å². The van der Waals surface area contributed by atoms with Gasteiger partial charge in [0.15, 0.2) is 0 Å². The van der Waals surface area contributed by atoms with Gasteiger partial charge in [-0.1, -0.05) is 41.5 Å². The molecular formula is C14H17NO. The molecule has 0 aliphatic carbocycles. The molecule has 1 aliphatic heterocycles. The van der Waals surface area contributed by atoms with Crippen LogP contribution in [0.25, 0.3) is 0 Å². The molecule has 1 aromatic carbocycles. The lowest BCUT2D eigenvalue weighted by Crippen LogP contribution is -2.38. The third kappa shape index (κ3) is 2.16. The maximum Gasteiger partial charge on any atom is 0.227 e. The van der Waals surface area contributed by atoms with E-state index in [1.54, 1.807) is 0 Å². The summed E-state index contributed by atoms with van der Waals surface area (Å²) in [4.78, 5) is 11.8. The molecule has 1 unspecified atom stereocenters. The third-order valence-electron chi connectivity index (χ3n) is 3.32. The van der Waals surface area contributed by atoms with Crippen LogP contribution in [0.15, 0.2) is 41.5 Å². The topological polar surface area (TPSA) is 29.1 Å². The van der Waals surface area contributed by atoms with Gasteiger partial charge in [-0.25, -0.2) is 0 Å². The van der Waals surface area contributed by atoms with Gasteiger partial charge in [-0.15, -0.1) is 0 Å². The van der Waals surface area contributed by atoms with Gasteiger partial charge in [0.25, 0.3) is 0 Å². The molecule has 1 N–H and O–H groups in total. The molecule has 2 nitrogen and oxygen atoms in total. The standard InChI is InChI=1S/C14H17NO/c1-10-9-15-14(16)13(11(10)2)8-12-6-4-3-5-7-12/h3-7,13H,8-9H2,1-2H3,(H,15,16). The maximum atomic E-state index is 11.8. The van der Waals surface area contributed by atoms with Crippen molar-refractivity contribution in [2.24, 2.45) is 5.92 Å². The number of hydrogen-bond acceptors (Lipinski definition) is 1. The fraction of sp³-hybridized carbons (Fsp3) is 0.357. The molecule has 1 atom stereocenters. The first-order valence-corrected chi connectivity index (χ1v) is 5.66. The molecule has 0 bridgehead atoms. The van der Waals surface area contributed by atoms with Gasteiger partial charge >= 0.3 is 0 Å². The van der Waals surface area contributed by atoms with Gasteiger partial charge < -0.3 is 5.32 Å². The number of rotatable bonds is 2. The summed E-state index contributed by atoms with van der Waals surface area (Å²) >= 11 is 0. The van der Waals surface area contributed by atoms with E-state index in [0.29, 0.717) is 6.54 Å². The van der Waals surface area contributed by atoms with Crippen LogP contribution in [-0.2, 0) is 11.2 Å². The van der Waals surface area contributed by atoms with E-state index in [0.717, 1.165) is 6.42 Å². The van der Waals surface area contributed by atoms with Crippen molar-refractivity contribution in [2.45, 2.75) is 20.3 Å². The number of benzene rings is 1. The summed E-state index contributed by atoms with van der Waals surface area (Å²) in [6, 6.07) is 10.2. The van der Waals surface area contributed by atoms with Gasteiger partial charge in [-0.2, -0.15) is 0 Å². The molecule has 0 aromatic heterocycles. The zero-order chi connectivity index (χ0) is 11.5. The molecule has 2 rings (SSSR count). The van der Waals surface area contributed by atoms with Crippen molar-refractivity contribution in [1.82, 2.24) is 5.32 Å². The number of hydrogen-bond donors (Lipinski definition) is 1. The molecule has 0 spiro atoms. The van der Waals surface area contributed by atoms with E-state index in [1.807, 2.05) is 18.2 Å². The minimum absolute atomic E-state index is 0.0103. The highest BCUT2D eigenvalue weighted by Gasteiger charge is 2.25. The fourth-order valence-electron chi connectivity index (χ4n) is 2.07. The number of carbonyl (C=O) groups excluding carboxylic acids is 1. The highest BCUT2D eigenvalue weighted by atomic mass is 16.1. The Morgan fingerprint density at radius 1 is 1.25 bits per heavy atom. The van der Waals surface area contributed by atoms with E-state index in [2.05, 4.69) is 31.3 Å². The molecule has 1 aromatic rings. The Morgan fingerprint density at radius 2 is 1.94 bits per heavy atom. The highest BCUT2D eigenvalue weighted by molar-refractivity contribution is 5.83. The van der Waals surface area contributed by atoms with E-state index in [1.165, 1.54) is 16.7 Å². The van der Waals surface area contributed by atoms with Crippen LogP contribution in [0.3, 0.4) is 0 Å². The Labute approximate surface area is 96.4 Å². The van der Waals surface area contributed by atoms with Crippen LogP contribution in [0.5, 0.6) is 0 Å². The summed E-state index contributed by atoms with van der Waals surface area (Å²) in [6.07, 6.45) is 0.801.